The van der Waals surface area contributed by atoms with Crippen LogP contribution in [0.5, 0.6) is 0 Å². The summed E-state index contributed by atoms with van der Waals surface area (Å²) in [5, 5.41) is 13.0. The van der Waals surface area contributed by atoms with Gasteiger partial charge in [-0.3, -0.25) is 4.79 Å². The van der Waals surface area contributed by atoms with Gasteiger partial charge < -0.3 is 10.6 Å². The second-order valence-corrected chi connectivity index (χ2v) is 7.28. The first-order valence-corrected chi connectivity index (χ1v) is 7.97. The van der Waals surface area contributed by atoms with Gasteiger partial charge >= 0.3 is 0 Å². The van der Waals surface area contributed by atoms with E-state index in [1.54, 1.807) is 7.05 Å². The number of nitrogens with zero attached hydrogens (tertiary/aromatic N) is 3. The summed E-state index contributed by atoms with van der Waals surface area (Å²) in [5.74, 6) is -0.309. The number of nitrogens with one attached hydrogen (secondary N) is 2. The van der Waals surface area contributed by atoms with Crippen molar-refractivity contribution in [3.05, 3.63) is 0 Å². The van der Waals surface area contributed by atoms with Crippen LogP contribution in [0, 0.1) is 0 Å². The fourth-order valence-corrected chi connectivity index (χ4v) is 4.39. The smallest absolute Gasteiger partial charge is 0.272 e. The van der Waals surface area contributed by atoms with E-state index in [1.807, 2.05) is 0 Å². The largest absolute Gasteiger partial charge is 0.316 e. The van der Waals surface area contributed by atoms with Crippen LogP contribution in [0.4, 0.5) is 5.13 Å². The molecule has 0 aromatic carbocycles. The molecule has 2 rings (SSSR count). The SMILES string of the molecule is CNC1CCN(S(=O)(=O)c2nnc(NC(C)=O)s2)C1. The minimum absolute atomic E-state index is 0.0898. The van der Waals surface area contributed by atoms with E-state index in [4.69, 9.17) is 0 Å². The van der Waals surface area contributed by atoms with Gasteiger partial charge in [-0.2, -0.15) is 4.31 Å². The highest BCUT2D eigenvalue weighted by Gasteiger charge is 2.34. The Kier molecular flexibility index (Phi) is 4.13. The Hall–Kier alpha value is -1.10. The first-order valence-electron chi connectivity index (χ1n) is 5.72. The molecule has 2 heterocycles. The molecule has 0 saturated carbocycles. The number of hydrogen-bond acceptors (Lipinski definition) is 7. The van der Waals surface area contributed by atoms with Crippen molar-refractivity contribution in [3.8, 4) is 0 Å². The summed E-state index contributed by atoms with van der Waals surface area (Å²) in [5.41, 5.74) is 0. The topological polar surface area (TPSA) is 104 Å². The lowest BCUT2D eigenvalue weighted by molar-refractivity contribution is -0.114. The summed E-state index contributed by atoms with van der Waals surface area (Å²) >= 11 is 0.860. The van der Waals surface area contributed by atoms with Crippen LogP contribution < -0.4 is 10.6 Å². The Balaban J connectivity index is 2.16. The Morgan fingerprint density at radius 1 is 1.47 bits per heavy atom. The summed E-state index contributed by atoms with van der Waals surface area (Å²) in [4.78, 5) is 10.9. The number of amides is 1. The van der Waals surface area contributed by atoms with Crippen molar-refractivity contribution < 1.29 is 13.2 Å². The van der Waals surface area contributed by atoms with Crippen LogP contribution in [0.3, 0.4) is 0 Å². The minimum Gasteiger partial charge on any atom is -0.316 e. The number of rotatable bonds is 4. The van der Waals surface area contributed by atoms with Crippen LogP contribution in [0.1, 0.15) is 13.3 Å². The zero-order chi connectivity index (χ0) is 14.0. The average molecular weight is 305 g/mol. The molecule has 8 nitrogen and oxygen atoms in total. The van der Waals surface area contributed by atoms with Gasteiger partial charge in [-0.15, -0.1) is 10.2 Å². The van der Waals surface area contributed by atoms with E-state index in [9.17, 15) is 13.2 Å². The van der Waals surface area contributed by atoms with Gasteiger partial charge in [0.15, 0.2) is 0 Å². The van der Waals surface area contributed by atoms with Crippen LogP contribution in [0.25, 0.3) is 0 Å². The van der Waals surface area contributed by atoms with Gasteiger partial charge in [0.2, 0.25) is 15.4 Å². The van der Waals surface area contributed by atoms with Crippen molar-refractivity contribution in [1.82, 2.24) is 19.8 Å². The quantitative estimate of drug-likeness (QED) is 0.725. The third-order valence-electron chi connectivity index (χ3n) is 2.81. The molecule has 10 heteroatoms. The molecule has 0 bridgehead atoms. The van der Waals surface area contributed by atoms with Crippen LogP contribution in [0.15, 0.2) is 4.34 Å². The summed E-state index contributed by atoms with van der Waals surface area (Å²) in [6.45, 7) is 2.21. The number of carbonyl (C=O) groups is 1. The molecule has 0 aliphatic carbocycles. The zero-order valence-electron chi connectivity index (χ0n) is 10.6. The highest BCUT2D eigenvalue weighted by molar-refractivity contribution is 7.91. The first kappa shape index (κ1) is 14.3. The lowest BCUT2D eigenvalue weighted by atomic mass is 10.3. The van der Waals surface area contributed by atoms with Crippen LogP contribution in [0.2, 0.25) is 0 Å². The number of sulfonamides is 1. The molecule has 1 aromatic heterocycles. The number of aromatic nitrogens is 2. The highest BCUT2D eigenvalue weighted by atomic mass is 32.2. The second-order valence-electron chi connectivity index (χ2n) is 4.19. The molecular weight excluding hydrogens is 290 g/mol. The molecule has 1 amide bonds. The van der Waals surface area contributed by atoms with Gasteiger partial charge in [0.25, 0.3) is 10.0 Å². The number of likely N-dealkylation sites (N-methyl/N-ethyl adjacent to an activating group) is 1. The van der Waals surface area contributed by atoms with Crippen molar-refractivity contribution in [1.29, 1.82) is 0 Å². The summed E-state index contributed by atoms with van der Waals surface area (Å²) in [6, 6.07) is 0.164. The van der Waals surface area contributed by atoms with Gasteiger partial charge in [-0.25, -0.2) is 8.42 Å². The molecule has 1 saturated heterocycles. The second kappa shape index (κ2) is 5.49. The third-order valence-corrected chi connectivity index (χ3v) is 5.86. The fraction of sp³-hybridized carbons (Fsp3) is 0.667. The first-order chi connectivity index (χ1) is 8.93. The van der Waals surface area contributed by atoms with Crippen molar-refractivity contribution >= 4 is 32.4 Å². The Morgan fingerprint density at radius 3 is 2.79 bits per heavy atom. The number of hydrogen-bond donors (Lipinski definition) is 2. The fourth-order valence-electron chi connectivity index (χ4n) is 1.81. The number of anilines is 1. The zero-order valence-corrected chi connectivity index (χ0v) is 12.2. The van der Waals surface area contributed by atoms with E-state index < -0.39 is 10.0 Å². The molecule has 1 atom stereocenters. The predicted octanol–water partition coefficient (Wildman–Crippen LogP) is -0.521. The van der Waals surface area contributed by atoms with Crippen molar-refractivity contribution in [2.24, 2.45) is 0 Å². The van der Waals surface area contributed by atoms with Gasteiger partial charge in [-0.1, -0.05) is 11.3 Å². The molecular formula is C9H15N5O3S2. The minimum atomic E-state index is -3.61. The Morgan fingerprint density at radius 2 is 2.21 bits per heavy atom. The van der Waals surface area contributed by atoms with Gasteiger partial charge in [-0.05, 0) is 13.5 Å². The molecule has 1 aliphatic heterocycles. The molecule has 1 aliphatic rings. The van der Waals surface area contributed by atoms with Crippen LogP contribution in [-0.2, 0) is 14.8 Å². The van der Waals surface area contributed by atoms with Crippen molar-refractivity contribution in [3.63, 3.8) is 0 Å². The molecule has 0 spiro atoms. The monoisotopic (exact) mass is 305 g/mol. The lowest BCUT2D eigenvalue weighted by Gasteiger charge is -2.13. The lowest BCUT2D eigenvalue weighted by Crippen LogP contribution is -2.33. The molecule has 1 fully saturated rings. The molecule has 1 aromatic rings. The standard InChI is InChI=1S/C9H15N5O3S2/c1-6(15)11-8-12-13-9(18-8)19(16,17)14-4-3-7(5-14)10-2/h7,10H,3-5H2,1-2H3,(H,11,12,15). The average Bonchev–Trinajstić information content (AvgIpc) is 2.96. The Labute approximate surface area is 115 Å². The molecule has 106 valence electrons. The van der Waals surface area contributed by atoms with Gasteiger partial charge in [0.1, 0.15) is 0 Å². The van der Waals surface area contributed by atoms with Crippen LogP contribution >= 0.6 is 11.3 Å². The van der Waals surface area contributed by atoms with Gasteiger partial charge in [0, 0.05) is 26.1 Å². The van der Waals surface area contributed by atoms with E-state index in [-0.39, 0.29) is 21.4 Å². The summed E-state index contributed by atoms with van der Waals surface area (Å²) in [7, 11) is -1.80. The van der Waals surface area contributed by atoms with Gasteiger partial charge in [0.05, 0.1) is 0 Å². The molecule has 0 radical (unpaired) electrons. The van der Waals surface area contributed by atoms with E-state index >= 15 is 0 Å². The predicted molar refractivity (Wildman–Crippen MR) is 70.4 cm³/mol. The molecule has 19 heavy (non-hydrogen) atoms. The maximum absolute atomic E-state index is 12.3. The highest BCUT2D eigenvalue weighted by Crippen LogP contribution is 2.25. The van der Waals surface area contributed by atoms with Crippen molar-refractivity contribution in [2.45, 2.75) is 23.7 Å². The maximum Gasteiger partial charge on any atom is 0.272 e. The van der Waals surface area contributed by atoms with E-state index in [0.717, 1.165) is 17.8 Å². The van der Waals surface area contributed by atoms with Crippen LogP contribution in [-0.4, -0.2) is 55.0 Å². The Bertz CT molecular complexity index is 570. The normalized spacial score (nSPS) is 20.6. The van der Waals surface area contributed by atoms with E-state index in [1.165, 1.54) is 11.2 Å². The summed E-state index contributed by atoms with van der Waals surface area (Å²) < 4.78 is 25.9. The molecule has 2 N–H and O–H groups in total. The third kappa shape index (κ3) is 3.08. The summed E-state index contributed by atoms with van der Waals surface area (Å²) in [6.07, 6.45) is 0.771. The van der Waals surface area contributed by atoms with E-state index in [0.29, 0.717) is 13.1 Å². The number of carbonyl (C=O) groups excluding carboxylic acids is 1. The van der Waals surface area contributed by atoms with Crippen molar-refractivity contribution in [2.75, 3.05) is 25.5 Å². The molecule has 1 unspecified atom stereocenters. The maximum atomic E-state index is 12.3. The van der Waals surface area contributed by atoms with E-state index in [2.05, 4.69) is 20.8 Å².